The van der Waals surface area contributed by atoms with Crippen molar-refractivity contribution in [2.75, 3.05) is 0 Å². The summed E-state index contributed by atoms with van der Waals surface area (Å²) in [6.07, 6.45) is 13.7. The van der Waals surface area contributed by atoms with Gasteiger partial charge in [0.1, 0.15) is 0 Å². The van der Waals surface area contributed by atoms with E-state index in [0.29, 0.717) is 37.7 Å². The van der Waals surface area contributed by atoms with Crippen LogP contribution in [0, 0.1) is 46.3 Å². The van der Waals surface area contributed by atoms with Crippen molar-refractivity contribution < 1.29 is 9.53 Å². The number of carbonyl (C=O) groups excluding carboxylic acids is 1. The van der Waals surface area contributed by atoms with Crippen LogP contribution in [0.4, 0.5) is 0 Å². The Hall–Kier alpha value is -0.111. The summed E-state index contributed by atoms with van der Waals surface area (Å²) in [5.41, 5.74) is 2.27. The van der Waals surface area contributed by atoms with Crippen LogP contribution < -0.4 is 0 Å². The summed E-state index contributed by atoms with van der Waals surface area (Å²) in [6, 6.07) is 0. The Morgan fingerprint density at radius 1 is 1.10 bits per heavy atom. The number of hydrogen-bond donors (Lipinski definition) is 0. The zero-order valence-electron chi connectivity index (χ0n) is 19.4. The number of rotatable bonds is 0. The molecular formula is C27H40O2Se. The minimum atomic E-state index is 0.259. The van der Waals surface area contributed by atoms with E-state index in [9.17, 15) is 4.79 Å². The quantitative estimate of drug-likeness (QED) is 0.316. The molecule has 0 radical (unpaired) electrons. The third kappa shape index (κ3) is 2.61. The Kier molecular flexibility index (Phi) is 4.58. The van der Waals surface area contributed by atoms with Gasteiger partial charge in [-0.05, 0) is 0 Å². The van der Waals surface area contributed by atoms with E-state index in [1.165, 1.54) is 49.4 Å². The van der Waals surface area contributed by atoms with E-state index in [1.54, 1.807) is 0 Å². The van der Waals surface area contributed by atoms with E-state index in [2.05, 4.69) is 33.8 Å². The van der Waals surface area contributed by atoms with Crippen LogP contribution in [0.3, 0.4) is 0 Å². The molecule has 0 bridgehead atoms. The zero-order valence-corrected chi connectivity index (χ0v) is 21.1. The summed E-state index contributed by atoms with van der Waals surface area (Å²) < 4.78 is 7.38. The molecule has 2 unspecified atom stereocenters. The van der Waals surface area contributed by atoms with Crippen LogP contribution in [0.5, 0.6) is 0 Å². The van der Waals surface area contributed by atoms with E-state index in [0.717, 1.165) is 54.8 Å². The van der Waals surface area contributed by atoms with E-state index in [4.69, 9.17) is 4.74 Å². The molecule has 1 spiro atoms. The van der Waals surface area contributed by atoms with Gasteiger partial charge in [0.25, 0.3) is 0 Å². The average Bonchev–Trinajstić information content (AvgIpc) is 3.16. The molecule has 2 saturated heterocycles. The van der Waals surface area contributed by atoms with Crippen molar-refractivity contribution in [1.29, 1.82) is 0 Å². The fourth-order valence-electron chi connectivity index (χ4n) is 9.49. The Morgan fingerprint density at radius 3 is 2.70 bits per heavy atom. The Labute approximate surface area is 189 Å². The third-order valence-corrected chi connectivity index (χ3v) is 15.2. The van der Waals surface area contributed by atoms with Crippen molar-refractivity contribution in [3.8, 4) is 0 Å². The molecule has 2 heterocycles. The molecule has 5 fully saturated rings. The van der Waals surface area contributed by atoms with E-state index >= 15 is 0 Å². The van der Waals surface area contributed by atoms with Crippen molar-refractivity contribution in [2.24, 2.45) is 46.3 Å². The van der Waals surface area contributed by atoms with Gasteiger partial charge in [-0.25, -0.2) is 0 Å². The number of allylic oxidation sites excluding steroid dienone is 2. The zero-order chi connectivity index (χ0) is 20.9. The Morgan fingerprint density at radius 2 is 1.93 bits per heavy atom. The molecule has 2 aliphatic heterocycles. The summed E-state index contributed by atoms with van der Waals surface area (Å²) >= 11 is 0.655. The van der Waals surface area contributed by atoms with Gasteiger partial charge in [-0.2, -0.15) is 0 Å². The van der Waals surface area contributed by atoms with Gasteiger partial charge in [0.15, 0.2) is 0 Å². The molecule has 0 aromatic carbocycles. The van der Waals surface area contributed by atoms with E-state index < -0.39 is 0 Å². The van der Waals surface area contributed by atoms with Gasteiger partial charge in [-0.15, -0.1) is 0 Å². The fourth-order valence-corrected chi connectivity index (χ4v) is 12.8. The molecule has 10 atom stereocenters. The first-order valence-corrected chi connectivity index (χ1v) is 14.9. The second kappa shape index (κ2) is 6.71. The molecule has 30 heavy (non-hydrogen) atoms. The van der Waals surface area contributed by atoms with Crippen LogP contribution in [0.1, 0.15) is 85.5 Å². The molecule has 0 aromatic rings. The molecule has 166 valence electrons. The minimum absolute atomic E-state index is 0.259. The van der Waals surface area contributed by atoms with Crippen LogP contribution in [0.2, 0.25) is 5.32 Å². The molecule has 3 heteroatoms. The summed E-state index contributed by atoms with van der Waals surface area (Å²) in [4.78, 5) is 12.1. The van der Waals surface area contributed by atoms with Crippen molar-refractivity contribution in [2.45, 2.75) is 101 Å². The number of carbonyl (C=O) groups is 1. The molecule has 0 aromatic heterocycles. The Bertz CT molecular complexity index is 780. The topological polar surface area (TPSA) is 26.3 Å². The molecule has 0 N–H and O–H groups in total. The molecule has 3 saturated carbocycles. The van der Waals surface area contributed by atoms with Crippen molar-refractivity contribution in [3.05, 3.63) is 11.6 Å². The number of fused-ring (bicyclic) bond motifs is 7. The SMILES string of the molecule is CC1CCC2(O[C@H]3C[C@H]4[C@@H]5CC=C6CC(=O)CC[C@]6(C)[C@H]5CC[C@]4(C)[C@H]3[C@@H]2C)[Se]C1. The standard InChI is InChI=1S/C27H40O2Se/c1-16-7-12-27(30-15-16)17(2)24-23(29-27)14-22-20-6-5-18-13-19(28)8-10-25(18,3)21(20)9-11-26(22,24)4/h5,16-17,20-24H,6-15H2,1-4H3/t16?,17-,20+,21-,22-,23-,24-,25-,26-,27?/m0/s1. The third-order valence-electron chi connectivity index (χ3n) is 11.2. The molecule has 6 aliphatic rings. The molecular weight excluding hydrogens is 435 g/mol. The van der Waals surface area contributed by atoms with Gasteiger partial charge in [0.05, 0.1) is 0 Å². The van der Waals surface area contributed by atoms with Crippen LogP contribution in [-0.4, -0.2) is 31.3 Å². The summed E-state index contributed by atoms with van der Waals surface area (Å²) in [5, 5.41) is 1.42. The second-order valence-corrected chi connectivity index (χ2v) is 15.2. The summed E-state index contributed by atoms with van der Waals surface area (Å²) in [6.45, 7) is 10.2. The first-order chi connectivity index (χ1) is 14.3. The monoisotopic (exact) mass is 476 g/mol. The molecule has 6 rings (SSSR count). The molecule has 4 aliphatic carbocycles. The first-order valence-electron chi connectivity index (χ1n) is 12.8. The van der Waals surface area contributed by atoms with Crippen LogP contribution in [0.15, 0.2) is 11.6 Å². The van der Waals surface area contributed by atoms with E-state index in [-0.39, 0.29) is 4.50 Å². The van der Waals surface area contributed by atoms with Crippen molar-refractivity contribution in [3.63, 3.8) is 0 Å². The van der Waals surface area contributed by atoms with Gasteiger partial charge in [0, 0.05) is 0 Å². The van der Waals surface area contributed by atoms with E-state index in [1.807, 2.05) is 0 Å². The Balaban J connectivity index is 1.29. The fraction of sp³-hybridized carbons (Fsp3) is 0.889. The van der Waals surface area contributed by atoms with Gasteiger partial charge < -0.3 is 0 Å². The predicted molar refractivity (Wildman–Crippen MR) is 121 cm³/mol. The molecule has 0 amide bonds. The first kappa shape index (κ1) is 20.5. The van der Waals surface area contributed by atoms with Gasteiger partial charge >= 0.3 is 190 Å². The van der Waals surface area contributed by atoms with Gasteiger partial charge in [-0.1, -0.05) is 0 Å². The predicted octanol–water partition coefficient (Wildman–Crippen LogP) is 6.03. The second-order valence-electron chi connectivity index (χ2n) is 12.5. The summed E-state index contributed by atoms with van der Waals surface area (Å²) in [7, 11) is 0. The summed E-state index contributed by atoms with van der Waals surface area (Å²) in [5.74, 6) is 5.37. The number of ketones is 1. The van der Waals surface area contributed by atoms with Crippen LogP contribution in [0.25, 0.3) is 0 Å². The van der Waals surface area contributed by atoms with Crippen molar-refractivity contribution in [1.82, 2.24) is 0 Å². The maximum atomic E-state index is 12.1. The van der Waals surface area contributed by atoms with Gasteiger partial charge in [-0.3, -0.25) is 0 Å². The number of Topliss-reactive ketones (excluding diaryl/α,β-unsaturated/α-hetero) is 1. The van der Waals surface area contributed by atoms with Gasteiger partial charge in [0.2, 0.25) is 0 Å². The maximum absolute atomic E-state index is 12.1. The molecule has 2 nitrogen and oxygen atoms in total. The number of hydrogen-bond acceptors (Lipinski definition) is 2. The normalized spacial score (nSPS) is 57.4. The number of ether oxygens (including phenoxy) is 1. The van der Waals surface area contributed by atoms with Crippen LogP contribution >= 0.6 is 0 Å². The van der Waals surface area contributed by atoms with Crippen molar-refractivity contribution >= 4 is 20.7 Å². The van der Waals surface area contributed by atoms with Crippen LogP contribution in [-0.2, 0) is 9.53 Å². The average molecular weight is 476 g/mol.